The van der Waals surface area contributed by atoms with Gasteiger partial charge >= 0.3 is 0 Å². The molecule has 1 aliphatic rings. The van der Waals surface area contributed by atoms with Gasteiger partial charge in [0.1, 0.15) is 11.5 Å². The van der Waals surface area contributed by atoms with Crippen molar-refractivity contribution in [3.05, 3.63) is 78.4 Å². The first kappa shape index (κ1) is 22.7. The topological polar surface area (TPSA) is 149 Å². The van der Waals surface area contributed by atoms with Crippen LogP contribution in [-0.2, 0) is 4.79 Å². The molecule has 1 saturated heterocycles. The number of imidazole rings is 1. The first-order chi connectivity index (χ1) is 16.4. The molecule has 1 aromatic carbocycles. The Morgan fingerprint density at radius 3 is 2.53 bits per heavy atom. The van der Waals surface area contributed by atoms with E-state index < -0.39 is 11.9 Å². The second kappa shape index (κ2) is 9.57. The van der Waals surface area contributed by atoms with Crippen LogP contribution in [0.15, 0.2) is 61.3 Å². The smallest absolute Gasteiger partial charge is 0.269 e. The van der Waals surface area contributed by atoms with E-state index in [1.54, 1.807) is 53.6 Å². The third kappa shape index (κ3) is 4.38. The molecule has 0 radical (unpaired) electrons. The number of carbonyl (C=O) groups is 3. The van der Waals surface area contributed by atoms with E-state index in [0.717, 1.165) is 12.8 Å². The molecule has 1 fully saturated rings. The lowest BCUT2D eigenvalue weighted by Gasteiger charge is -2.34. The highest BCUT2D eigenvalue weighted by Crippen LogP contribution is 2.33. The van der Waals surface area contributed by atoms with Crippen molar-refractivity contribution in [3.8, 4) is 11.3 Å². The summed E-state index contributed by atoms with van der Waals surface area (Å²) >= 11 is 0. The van der Waals surface area contributed by atoms with Gasteiger partial charge in [0.25, 0.3) is 11.8 Å². The maximum absolute atomic E-state index is 12.5. The standard InChI is InChI=1S/C24H25N7O3/c1-2-19(32)30-14-6-4-7-17(30)23-29-20(21(22(25)33)31(23)26)15-9-11-16(12-10-15)24(34)28-18-8-3-5-13-27-18/h2-3,5,8-13,17H,1,4,6-7,14,26H2,(H2,25,33)(H,27,28,34)/t17-/m0/s1. The van der Waals surface area contributed by atoms with Gasteiger partial charge in [0.15, 0.2) is 11.5 Å². The van der Waals surface area contributed by atoms with E-state index in [9.17, 15) is 14.4 Å². The van der Waals surface area contributed by atoms with Crippen molar-refractivity contribution < 1.29 is 14.4 Å². The SMILES string of the molecule is C=CC(=O)N1CCCC[C@H]1c1nc(-c2ccc(C(=O)Nc3ccccn3)cc2)c(C(N)=O)n1N. The number of piperidine rings is 1. The number of hydrogen-bond donors (Lipinski definition) is 3. The molecule has 3 amide bonds. The lowest BCUT2D eigenvalue weighted by atomic mass is 10.0. The van der Waals surface area contributed by atoms with Gasteiger partial charge in [-0.3, -0.25) is 14.4 Å². The fourth-order valence-corrected chi connectivity index (χ4v) is 4.11. The van der Waals surface area contributed by atoms with Crippen molar-refractivity contribution in [1.82, 2.24) is 19.5 Å². The van der Waals surface area contributed by atoms with Crippen molar-refractivity contribution in [1.29, 1.82) is 0 Å². The van der Waals surface area contributed by atoms with E-state index >= 15 is 0 Å². The number of carbonyl (C=O) groups excluding carboxylic acids is 3. The van der Waals surface area contributed by atoms with E-state index in [2.05, 4.69) is 21.9 Å². The monoisotopic (exact) mass is 459 g/mol. The van der Waals surface area contributed by atoms with E-state index in [-0.39, 0.29) is 17.5 Å². The van der Waals surface area contributed by atoms with Gasteiger partial charge in [0.2, 0.25) is 5.91 Å². The summed E-state index contributed by atoms with van der Waals surface area (Å²) in [6.45, 7) is 4.12. The van der Waals surface area contributed by atoms with E-state index in [4.69, 9.17) is 11.6 Å². The van der Waals surface area contributed by atoms with E-state index in [1.165, 1.54) is 10.8 Å². The lowest BCUT2D eigenvalue weighted by molar-refractivity contribution is -0.129. The highest BCUT2D eigenvalue weighted by Gasteiger charge is 2.33. The van der Waals surface area contributed by atoms with Gasteiger partial charge in [0, 0.05) is 23.9 Å². The van der Waals surface area contributed by atoms with Crippen LogP contribution in [0.1, 0.15) is 52.0 Å². The number of aromatic nitrogens is 3. The summed E-state index contributed by atoms with van der Waals surface area (Å²) in [5.41, 5.74) is 6.91. The molecule has 0 bridgehead atoms. The molecule has 4 rings (SSSR count). The first-order valence-electron chi connectivity index (χ1n) is 10.8. The van der Waals surface area contributed by atoms with Crippen LogP contribution in [0.3, 0.4) is 0 Å². The summed E-state index contributed by atoms with van der Waals surface area (Å²) in [7, 11) is 0. The molecular formula is C24H25N7O3. The zero-order chi connectivity index (χ0) is 24.2. The van der Waals surface area contributed by atoms with Crippen molar-refractivity contribution >= 4 is 23.5 Å². The Hall–Kier alpha value is -4.47. The Balaban J connectivity index is 1.66. The van der Waals surface area contributed by atoms with E-state index in [1.807, 2.05) is 0 Å². The third-order valence-corrected chi connectivity index (χ3v) is 5.76. The number of nitrogens with zero attached hydrogens (tertiary/aromatic N) is 4. The number of nitrogen functional groups attached to an aromatic ring is 1. The number of nitrogens with two attached hydrogens (primary N) is 2. The highest BCUT2D eigenvalue weighted by molar-refractivity contribution is 6.04. The van der Waals surface area contributed by atoms with Gasteiger partial charge < -0.3 is 21.8 Å². The second-order valence-corrected chi connectivity index (χ2v) is 7.90. The predicted molar refractivity (Wildman–Crippen MR) is 127 cm³/mol. The summed E-state index contributed by atoms with van der Waals surface area (Å²) in [6.07, 6.45) is 5.24. The van der Waals surface area contributed by atoms with Crippen molar-refractivity contribution in [3.63, 3.8) is 0 Å². The van der Waals surface area contributed by atoms with Crippen LogP contribution >= 0.6 is 0 Å². The second-order valence-electron chi connectivity index (χ2n) is 7.90. The zero-order valence-corrected chi connectivity index (χ0v) is 18.5. The average molecular weight is 460 g/mol. The molecule has 0 unspecified atom stereocenters. The molecule has 3 aromatic rings. The van der Waals surface area contributed by atoms with Gasteiger partial charge in [-0.15, -0.1) is 0 Å². The number of anilines is 1. The number of benzene rings is 1. The minimum Gasteiger partial charge on any atom is -0.364 e. The first-order valence-corrected chi connectivity index (χ1v) is 10.8. The number of amides is 3. The highest BCUT2D eigenvalue weighted by atomic mass is 16.2. The van der Waals surface area contributed by atoms with Crippen LogP contribution < -0.4 is 16.9 Å². The Morgan fingerprint density at radius 2 is 1.88 bits per heavy atom. The Bertz CT molecular complexity index is 1240. The zero-order valence-electron chi connectivity index (χ0n) is 18.5. The normalized spacial score (nSPS) is 15.5. The van der Waals surface area contributed by atoms with Gasteiger partial charge in [-0.05, 0) is 49.6 Å². The number of rotatable bonds is 6. The Labute approximate surface area is 196 Å². The molecule has 0 saturated carbocycles. The molecule has 2 aromatic heterocycles. The summed E-state index contributed by atoms with van der Waals surface area (Å²) in [4.78, 5) is 47.5. The maximum atomic E-state index is 12.5. The van der Waals surface area contributed by atoms with Gasteiger partial charge in [0.05, 0.1) is 6.04 Å². The number of likely N-dealkylation sites (tertiary alicyclic amines) is 1. The molecule has 1 aliphatic heterocycles. The number of primary amides is 1. The van der Waals surface area contributed by atoms with Crippen LogP contribution in [0.25, 0.3) is 11.3 Å². The average Bonchev–Trinajstić information content (AvgIpc) is 3.21. The summed E-state index contributed by atoms with van der Waals surface area (Å²) in [6, 6.07) is 11.4. The van der Waals surface area contributed by atoms with Crippen LogP contribution in [0.2, 0.25) is 0 Å². The van der Waals surface area contributed by atoms with Crippen LogP contribution in [0.4, 0.5) is 5.82 Å². The minimum atomic E-state index is -0.745. The molecule has 1 atom stereocenters. The molecular weight excluding hydrogens is 434 g/mol. The minimum absolute atomic E-state index is 0.0252. The molecule has 0 spiro atoms. The Kier molecular flexibility index (Phi) is 6.39. The molecule has 10 nitrogen and oxygen atoms in total. The van der Waals surface area contributed by atoms with Crippen molar-refractivity contribution in [2.24, 2.45) is 5.73 Å². The van der Waals surface area contributed by atoms with Gasteiger partial charge in [-0.1, -0.05) is 24.8 Å². The molecule has 34 heavy (non-hydrogen) atoms. The molecule has 10 heteroatoms. The Morgan fingerprint density at radius 1 is 1.12 bits per heavy atom. The van der Waals surface area contributed by atoms with Crippen molar-refractivity contribution in [2.45, 2.75) is 25.3 Å². The van der Waals surface area contributed by atoms with Crippen molar-refractivity contribution in [2.75, 3.05) is 17.7 Å². The summed E-state index contributed by atoms with van der Waals surface area (Å²) in [5, 5.41) is 2.71. The van der Waals surface area contributed by atoms with Crippen LogP contribution in [0, 0.1) is 0 Å². The fraction of sp³-hybridized carbons (Fsp3) is 0.208. The largest absolute Gasteiger partial charge is 0.364 e. The molecule has 0 aliphatic carbocycles. The molecule has 174 valence electrons. The van der Waals surface area contributed by atoms with Crippen LogP contribution in [-0.4, -0.2) is 43.8 Å². The van der Waals surface area contributed by atoms with Gasteiger partial charge in [-0.2, -0.15) is 0 Å². The summed E-state index contributed by atoms with van der Waals surface area (Å²) in [5.74, 6) is 5.77. The maximum Gasteiger partial charge on any atom is 0.269 e. The number of nitrogens with one attached hydrogen (secondary N) is 1. The van der Waals surface area contributed by atoms with Crippen LogP contribution in [0.5, 0.6) is 0 Å². The third-order valence-electron chi connectivity index (χ3n) is 5.76. The number of hydrogen-bond acceptors (Lipinski definition) is 6. The number of pyridine rings is 1. The molecule has 3 heterocycles. The lowest BCUT2D eigenvalue weighted by Crippen LogP contribution is -2.39. The quantitative estimate of drug-likeness (QED) is 0.380. The predicted octanol–water partition coefficient (Wildman–Crippen LogP) is 2.25. The van der Waals surface area contributed by atoms with Gasteiger partial charge in [-0.25, -0.2) is 14.6 Å². The fourth-order valence-electron chi connectivity index (χ4n) is 4.11. The molecule has 5 N–H and O–H groups in total. The summed E-state index contributed by atoms with van der Waals surface area (Å²) < 4.78 is 1.17. The van der Waals surface area contributed by atoms with E-state index in [0.29, 0.717) is 41.4 Å².